The van der Waals surface area contributed by atoms with Crippen LogP contribution >= 0.6 is 7.35 Å². The third-order valence-electron chi connectivity index (χ3n) is 2.70. The molecule has 1 atom stereocenters. The summed E-state index contributed by atoms with van der Waals surface area (Å²) >= 11 is 0. The Balaban J connectivity index is 3.47. The van der Waals surface area contributed by atoms with Gasteiger partial charge in [0.15, 0.2) is 0 Å². The van der Waals surface area contributed by atoms with Crippen molar-refractivity contribution in [3.8, 4) is 0 Å². The van der Waals surface area contributed by atoms with Crippen LogP contribution in [0.25, 0.3) is 0 Å². The van der Waals surface area contributed by atoms with E-state index in [0.29, 0.717) is 0 Å². The van der Waals surface area contributed by atoms with Crippen LogP contribution < -0.4 is 5.30 Å². The SMILES string of the molecule is C[CH]=[Ni](=[CH]C)([CH2]C(=O)O)([CH2]C(=O)O)[PH]c1ccccc1. The molecule has 0 saturated heterocycles. The van der Waals surface area contributed by atoms with Gasteiger partial charge in [-0.3, -0.25) is 0 Å². The maximum absolute atomic E-state index is 11.3. The molecule has 0 spiro atoms. The molecular weight excluding hydrogens is 322 g/mol. The summed E-state index contributed by atoms with van der Waals surface area (Å²) in [5, 5.41) is 19.3. The van der Waals surface area contributed by atoms with Crippen LogP contribution in [0.2, 0.25) is 10.8 Å². The zero-order chi connectivity index (χ0) is 15.3. The summed E-state index contributed by atoms with van der Waals surface area (Å²) in [6.45, 7) is 3.57. The van der Waals surface area contributed by atoms with Gasteiger partial charge in [-0.15, -0.1) is 0 Å². The second-order valence-corrected chi connectivity index (χ2v) is 14.4. The second kappa shape index (κ2) is 6.52. The summed E-state index contributed by atoms with van der Waals surface area (Å²) in [6, 6.07) is 9.51. The van der Waals surface area contributed by atoms with E-state index in [4.69, 9.17) is 0 Å². The fourth-order valence-electron chi connectivity index (χ4n) is 1.73. The number of aliphatic carboxylic acids is 2. The standard InChI is InChI=1S/C6H6P.2C2H3O2.2C2H4.Ni/c7-6-4-2-1-3-5-6;2*1-2(3)4;2*1-2;/h1-5,7H;2*1H2,(H,3,4);2*1H,2H3;/q-1;;;;;+1. The van der Waals surface area contributed by atoms with E-state index in [-0.39, 0.29) is 18.1 Å². The number of hydrogen-bond acceptors (Lipinski definition) is 2. The monoisotopic (exact) mass is 341 g/mol. The van der Waals surface area contributed by atoms with Crippen LogP contribution in [-0.4, -0.2) is 32.1 Å². The number of carbonyl (C=O) groups is 2. The first-order chi connectivity index (χ1) is 9.35. The van der Waals surface area contributed by atoms with Crippen molar-refractivity contribution in [1.29, 1.82) is 0 Å². The quantitative estimate of drug-likeness (QED) is 0.614. The number of carboxylic acids is 2. The van der Waals surface area contributed by atoms with Crippen molar-refractivity contribution in [1.82, 2.24) is 0 Å². The first-order valence-electron chi connectivity index (χ1n) is 5.85. The molecule has 6 heteroatoms. The van der Waals surface area contributed by atoms with Crippen molar-refractivity contribution in [3.63, 3.8) is 0 Å². The Bertz CT molecular complexity index is 613. The first-order valence-corrected chi connectivity index (χ1v) is 10.7. The van der Waals surface area contributed by atoms with Crippen molar-refractivity contribution in [2.24, 2.45) is 0 Å². The molecule has 1 aromatic rings. The average Bonchev–Trinajstić information content (AvgIpc) is 2.38. The number of rotatable bonds is 6. The maximum atomic E-state index is 11.3. The molecule has 0 saturated carbocycles. The molecule has 0 heterocycles. The predicted molar refractivity (Wildman–Crippen MR) is 82.8 cm³/mol. The van der Waals surface area contributed by atoms with Crippen LogP contribution in [0.15, 0.2) is 30.3 Å². The molecule has 4 nitrogen and oxygen atoms in total. The van der Waals surface area contributed by atoms with Gasteiger partial charge in [-0.1, -0.05) is 0 Å². The molecule has 0 fully saturated rings. The molecule has 20 heavy (non-hydrogen) atoms. The Hall–Kier alpha value is -1.18. The van der Waals surface area contributed by atoms with E-state index < -0.39 is 22.0 Å². The number of carboxylic acid groups (broad SMARTS) is 2. The number of benzene rings is 1. The van der Waals surface area contributed by atoms with Gasteiger partial charge in [-0.2, -0.15) is 0 Å². The van der Waals surface area contributed by atoms with Crippen molar-refractivity contribution < 1.29 is 29.9 Å². The Labute approximate surface area is 119 Å². The molecule has 1 rings (SSSR count). The van der Waals surface area contributed by atoms with E-state index in [0.717, 1.165) is 5.30 Å². The Morgan fingerprint density at radius 3 is 1.85 bits per heavy atom. The molecule has 0 radical (unpaired) electrons. The summed E-state index contributed by atoms with van der Waals surface area (Å²) in [7, 11) is -2.72. The summed E-state index contributed by atoms with van der Waals surface area (Å²) < 4.78 is 0. The molecule has 0 aliphatic heterocycles. The molecule has 2 N–H and O–H groups in total. The van der Waals surface area contributed by atoms with Gasteiger partial charge in [0.1, 0.15) is 0 Å². The van der Waals surface area contributed by atoms with Gasteiger partial charge in [0.2, 0.25) is 0 Å². The fraction of sp³-hybridized carbons (Fsp3) is 0.286. The van der Waals surface area contributed by atoms with E-state index >= 15 is 0 Å². The summed E-state index contributed by atoms with van der Waals surface area (Å²) in [5.74, 6) is -1.89. The van der Waals surface area contributed by atoms with Crippen molar-refractivity contribution in [2.45, 2.75) is 24.6 Å². The summed E-state index contributed by atoms with van der Waals surface area (Å²) in [5.41, 5.74) is 0. The van der Waals surface area contributed by atoms with Gasteiger partial charge in [0, 0.05) is 0 Å². The molecule has 1 unspecified atom stereocenters. The molecular formula is C14H20NiO4P. The number of hydrogen-bond donors (Lipinski definition) is 2. The van der Waals surface area contributed by atoms with Gasteiger partial charge in [-0.25, -0.2) is 0 Å². The van der Waals surface area contributed by atoms with Crippen molar-refractivity contribution in [2.75, 3.05) is 0 Å². The van der Waals surface area contributed by atoms with E-state index in [1.165, 1.54) is 0 Å². The van der Waals surface area contributed by atoms with Crippen LogP contribution in [0.5, 0.6) is 0 Å². The molecule has 0 aromatic heterocycles. The minimum absolute atomic E-state index is 0.113. The molecule has 0 amide bonds. The fourth-order valence-corrected chi connectivity index (χ4v) is 10.3. The van der Waals surface area contributed by atoms with Crippen LogP contribution in [0.1, 0.15) is 13.8 Å². The molecule has 0 aliphatic carbocycles. The zero-order valence-corrected chi connectivity index (χ0v) is 13.5. The Morgan fingerprint density at radius 1 is 1.05 bits per heavy atom. The van der Waals surface area contributed by atoms with E-state index in [2.05, 4.69) is 0 Å². The average molecular weight is 342 g/mol. The van der Waals surface area contributed by atoms with Crippen LogP contribution in [0, 0.1) is 0 Å². The van der Waals surface area contributed by atoms with E-state index in [9.17, 15) is 19.8 Å². The summed E-state index contributed by atoms with van der Waals surface area (Å²) in [4.78, 5) is 26.3. The van der Waals surface area contributed by atoms with E-state index in [1.54, 1.807) is 13.8 Å². The van der Waals surface area contributed by atoms with Gasteiger partial charge in [0.25, 0.3) is 0 Å². The van der Waals surface area contributed by atoms with Gasteiger partial charge < -0.3 is 0 Å². The molecule has 1 aromatic carbocycles. The van der Waals surface area contributed by atoms with Gasteiger partial charge in [-0.05, 0) is 0 Å². The van der Waals surface area contributed by atoms with Crippen LogP contribution in [-0.2, 0) is 19.6 Å². The second-order valence-electron chi connectivity index (χ2n) is 4.01. The van der Waals surface area contributed by atoms with Crippen molar-refractivity contribution >= 4 is 34.6 Å². The normalized spacial score (nSPS) is 13.6. The zero-order valence-electron chi connectivity index (χ0n) is 11.5. The summed E-state index contributed by atoms with van der Waals surface area (Å²) in [6.07, 6.45) is 0. The third-order valence-corrected chi connectivity index (χ3v) is 13.9. The molecule has 0 aliphatic rings. The van der Waals surface area contributed by atoms with Crippen molar-refractivity contribution in [3.05, 3.63) is 30.3 Å². The van der Waals surface area contributed by atoms with E-state index in [1.807, 2.05) is 40.3 Å². The topological polar surface area (TPSA) is 74.6 Å². The van der Waals surface area contributed by atoms with Gasteiger partial charge in [0.05, 0.1) is 0 Å². The van der Waals surface area contributed by atoms with Gasteiger partial charge >= 0.3 is 119 Å². The van der Waals surface area contributed by atoms with Crippen LogP contribution in [0.3, 0.4) is 0 Å². The first kappa shape index (κ1) is 16.9. The predicted octanol–water partition coefficient (Wildman–Crippen LogP) is 2.25. The van der Waals surface area contributed by atoms with Crippen LogP contribution in [0.4, 0.5) is 0 Å². The minimum atomic E-state index is -2.89. The molecule has 115 valence electrons. The Kier molecular flexibility index (Phi) is 5.50. The third kappa shape index (κ3) is 3.91. The Morgan fingerprint density at radius 2 is 1.50 bits per heavy atom. The molecule has 0 bridgehead atoms.